The summed E-state index contributed by atoms with van der Waals surface area (Å²) < 4.78 is 1.13. The summed E-state index contributed by atoms with van der Waals surface area (Å²) in [6, 6.07) is 7.16. The molecule has 1 saturated heterocycles. The first-order valence-electron chi connectivity index (χ1n) is 7.19. The lowest BCUT2D eigenvalue weighted by Gasteiger charge is -2.19. The average molecular weight is 338 g/mol. The fourth-order valence-corrected chi connectivity index (χ4v) is 3.15. The summed E-state index contributed by atoms with van der Waals surface area (Å²) in [6.07, 6.45) is 3.47. The van der Waals surface area contributed by atoms with E-state index in [9.17, 15) is 4.79 Å². The van der Waals surface area contributed by atoms with Crippen molar-refractivity contribution in [2.75, 3.05) is 18.0 Å². The van der Waals surface area contributed by atoms with Crippen molar-refractivity contribution in [2.45, 2.75) is 31.8 Å². The number of hydrogen-bond donors (Lipinski definition) is 2. The second kappa shape index (κ2) is 5.74. The van der Waals surface area contributed by atoms with Crippen LogP contribution in [0.1, 0.15) is 24.8 Å². The highest BCUT2D eigenvalue weighted by molar-refractivity contribution is 9.10. The maximum atomic E-state index is 11.2. The molecule has 20 heavy (non-hydrogen) atoms. The van der Waals surface area contributed by atoms with E-state index in [4.69, 9.17) is 5.73 Å². The highest BCUT2D eigenvalue weighted by atomic mass is 79.9. The zero-order valence-corrected chi connectivity index (χ0v) is 13.0. The summed E-state index contributed by atoms with van der Waals surface area (Å²) in [5.74, 6) is -0.193. The highest BCUT2D eigenvalue weighted by Gasteiger charge is 2.27. The van der Waals surface area contributed by atoms with Gasteiger partial charge in [-0.1, -0.05) is 22.0 Å². The normalized spacial score (nSPS) is 22.2. The van der Waals surface area contributed by atoms with Gasteiger partial charge >= 0.3 is 0 Å². The van der Waals surface area contributed by atoms with E-state index in [1.54, 1.807) is 0 Å². The van der Waals surface area contributed by atoms with Gasteiger partial charge in [0.05, 0.1) is 5.92 Å². The minimum Gasteiger partial charge on any atom is -0.371 e. The molecule has 1 amide bonds. The van der Waals surface area contributed by atoms with Gasteiger partial charge in [0.15, 0.2) is 0 Å². The quantitative estimate of drug-likeness (QED) is 0.864. The fraction of sp³-hybridized carbons (Fsp3) is 0.533. The van der Waals surface area contributed by atoms with Gasteiger partial charge in [0.1, 0.15) is 0 Å². The second-order valence-corrected chi connectivity index (χ2v) is 6.62. The Morgan fingerprint density at radius 2 is 2.20 bits per heavy atom. The van der Waals surface area contributed by atoms with E-state index in [1.165, 1.54) is 18.4 Å². The average Bonchev–Trinajstić information content (AvgIpc) is 3.11. The fourth-order valence-electron chi connectivity index (χ4n) is 2.65. The molecule has 1 aromatic carbocycles. The van der Waals surface area contributed by atoms with Crippen molar-refractivity contribution < 1.29 is 4.79 Å². The van der Waals surface area contributed by atoms with Crippen molar-refractivity contribution in [3.63, 3.8) is 0 Å². The third kappa shape index (κ3) is 3.15. The van der Waals surface area contributed by atoms with Crippen molar-refractivity contribution in [3.05, 3.63) is 28.2 Å². The maximum absolute atomic E-state index is 11.2. The summed E-state index contributed by atoms with van der Waals surface area (Å²) >= 11 is 3.65. The number of halogens is 1. The van der Waals surface area contributed by atoms with Gasteiger partial charge < -0.3 is 16.0 Å². The molecule has 4 nitrogen and oxygen atoms in total. The van der Waals surface area contributed by atoms with Crippen molar-refractivity contribution in [3.8, 4) is 0 Å². The number of carbonyl (C=O) groups excluding carboxylic acids is 1. The number of benzene rings is 1. The van der Waals surface area contributed by atoms with Gasteiger partial charge in [0, 0.05) is 35.8 Å². The molecule has 0 radical (unpaired) electrons. The van der Waals surface area contributed by atoms with E-state index < -0.39 is 0 Å². The summed E-state index contributed by atoms with van der Waals surface area (Å²) in [7, 11) is 0. The number of carbonyl (C=O) groups is 1. The molecule has 1 unspecified atom stereocenters. The van der Waals surface area contributed by atoms with E-state index in [0.29, 0.717) is 0 Å². The van der Waals surface area contributed by atoms with E-state index in [-0.39, 0.29) is 11.8 Å². The first-order valence-corrected chi connectivity index (χ1v) is 7.99. The lowest BCUT2D eigenvalue weighted by Crippen LogP contribution is -2.27. The molecular formula is C15H20BrN3O. The molecule has 2 fully saturated rings. The van der Waals surface area contributed by atoms with Crippen LogP contribution >= 0.6 is 15.9 Å². The molecule has 1 aromatic rings. The predicted octanol–water partition coefficient (Wildman–Crippen LogP) is 2.01. The Bertz CT molecular complexity index is 516. The number of primary amides is 1. The number of amides is 1. The molecular weight excluding hydrogens is 318 g/mol. The number of nitrogens with one attached hydrogen (secondary N) is 1. The monoisotopic (exact) mass is 337 g/mol. The molecule has 2 aliphatic rings. The van der Waals surface area contributed by atoms with Crippen LogP contribution < -0.4 is 16.0 Å². The van der Waals surface area contributed by atoms with E-state index >= 15 is 0 Å². The summed E-state index contributed by atoms with van der Waals surface area (Å²) in [5, 5.41) is 3.52. The van der Waals surface area contributed by atoms with E-state index in [0.717, 1.165) is 42.3 Å². The first kappa shape index (κ1) is 13.9. The lowest BCUT2D eigenvalue weighted by atomic mass is 10.1. The molecule has 0 bridgehead atoms. The van der Waals surface area contributed by atoms with Crippen LogP contribution in [0.5, 0.6) is 0 Å². The van der Waals surface area contributed by atoms with Crippen molar-refractivity contribution in [1.29, 1.82) is 0 Å². The largest absolute Gasteiger partial charge is 0.371 e. The Labute approximate surface area is 127 Å². The minimum absolute atomic E-state index is 0.00927. The summed E-state index contributed by atoms with van der Waals surface area (Å²) in [4.78, 5) is 13.5. The Hall–Kier alpha value is -1.07. The standard InChI is InChI=1S/C15H20BrN3O/c16-14-7-13(19-6-5-11(9-19)15(17)20)4-1-10(14)8-18-12-2-3-12/h1,4,7,11-12,18H,2-3,5-6,8-9H2,(H2,17,20). The zero-order valence-electron chi connectivity index (χ0n) is 11.4. The number of nitrogens with two attached hydrogens (primary N) is 1. The molecule has 1 saturated carbocycles. The van der Waals surface area contributed by atoms with Gasteiger partial charge in [0.2, 0.25) is 5.91 Å². The van der Waals surface area contributed by atoms with Crippen LogP contribution in [0.3, 0.4) is 0 Å². The number of nitrogens with zero attached hydrogens (tertiary/aromatic N) is 1. The van der Waals surface area contributed by atoms with Crippen molar-refractivity contribution in [1.82, 2.24) is 5.32 Å². The highest BCUT2D eigenvalue weighted by Crippen LogP contribution is 2.29. The minimum atomic E-state index is -0.184. The predicted molar refractivity (Wildman–Crippen MR) is 83.5 cm³/mol. The first-order chi connectivity index (χ1) is 9.63. The van der Waals surface area contributed by atoms with Crippen LogP contribution in [-0.2, 0) is 11.3 Å². The van der Waals surface area contributed by atoms with Crippen LogP contribution in [0, 0.1) is 5.92 Å². The Kier molecular flexibility index (Phi) is 3.98. The lowest BCUT2D eigenvalue weighted by molar-refractivity contribution is -0.121. The van der Waals surface area contributed by atoms with E-state index in [1.807, 2.05) is 0 Å². The summed E-state index contributed by atoms with van der Waals surface area (Å²) in [6.45, 7) is 2.55. The Morgan fingerprint density at radius 3 is 2.80 bits per heavy atom. The Balaban J connectivity index is 1.65. The molecule has 0 spiro atoms. The molecule has 3 N–H and O–H groups in total. The molecule has 3 rings (SSSR count). The van der Waals surface area contributed by atoms with Gasteiger partial charge in [-0.05, 0) is 37.0 Å². The van der Waals surface area contributed by atoms with Crippen LogP contribution in [-0.4, -0.2) is 25.0 Å². The zero-order chi connectivity index (χ0) is 14.1. The van der Waals surface area contributed by atoms with Crippen LogP contribution in [0.4, 0.5) is 5.69 Å². The van der Waals surface area contributed by atoms with Gasteiger partial charge in [-0.15, -0.1) is 0 Å². The van der Waals surface area contributed by atoms with Crippen LogP contribution in [0.25, 0.3) is 0 Å². The maximum Gasteiger partial charge on any atom is 0.222 e. The smallest absolute Gasteiger partial charge is 0.222 e. The molecule has 1 aliphatic carbocycles. The van der Waals surface area contributed by atoms with Gasteiger partial charge in [-0.3, -0.25) is 4.79 Å². The summed E-state index contributed by atoms with van der Waals surface area (Å²) in [5.41, 5.74) is 7.83. The third-order valence-electron chi connectivity index (χ3n) is 4.15. The molecule has 1 aliphatic heterocycles. The Morgan fingerprint density at radius 1 is 1.40 bits per heavy atom. The van der Waals surface area contributed by atoms with Crippen LogP contribution in [0.15, 0.2) is 22.7 Å². The third-order valence-corrected chi connectivity index (χ3v) is 4.89. The van der Waals surface area contributed by atoms with Crippen molar-refractivity contribution in [2.24, 2.45) is 11.7 Å². The molecule has 5 heteroatoms. The van der Waals surface area contributed by atoms with Gasteiger partial charge in [-0.2, -0.15) is 0 Å². The second-order valence-electron chi connectivity index (χ2n) is 5.76. The number of rotatable bonds is 5. The van der Waals surface area contributed by atoms with Crippen molar-refractivity contribution >= 4 is 27.5 Å². The molecule has 1 atom stereocenters. The molecule has 0 aromatic heterocycles. The van der Waals surface area contributed by atoms with Gasteiger partial charge in [0.25, 0.3) is 0 Å². The SMILES string of the molecule is NC(=O)C1CCN(c2ccc(CNC3CC3)c(Br)c2)C1. The molecule has 108 valence electrons. The number of hydrogen-bond acceptors (Lipinski definition) is 3. The molecule has 1 heterocycles. The topological polar surface area (TPSA) is 58.4 Å². The van der Waals surface area contributed by atoms with Crippen LogP contribution in [0.2, 0.25) is 0 Å². The van der Waals surface area contributed by atoms with E-state index in [2.05, 4.69) is 44.3 Å². The van der Waals surface area contributed by atoms with Gasteiger partial charge in [-0.25, -0.2) is 0 Å². The number of anilines is 1.